The summed E-state index contributed by atoms with van der Waals surface area (Å²) in [6.07, 6.45) is -4.78. The third-order valence-corrected chi connectivity index (χ3v) is 4.40. The summed E-state index contributed by atoms with van der Waals surface area (Å²) in [5.41, 5.74) is 0.991. The van der Waals surface area contributed by atoms with E-state index in [-0.39, 0.29) is 12.3 Å². The van der Waals surface area contributed by atoms with Gasteiger partial charge in [0.2, 0.25) is 0 Å². The molecule has 1 N–H and O–H groups in total. The van der Waals surface area contributed by atoms with Crippen LogP contribution in [-0.2, 0) is 16.9 Å². The molecule has 0 aromatic heterocycles. The van der Waals surface area contributed by atoms with Gasteiger partial charge in [-0.25, -0.2) is 4.79 Å². The van der Waals surface area contributed by atoms with Crippen molar-refractivity contribution in [2.45, 2.75) is 32.3 Å². The number of hydrogen-bond acceptors (Lipinski definition) is 3. The Balaban J connectivity index is 1.77. The van der Waals surface area contributed by atoms with E-state index < -0.39 is 23.8 Å². The lowest BCUT2D eigenvalue weighted by Gasteiger charge is -2.22. The van der Waals surface area contributed by atoms with E-state index in [2.05, 4.69) is 10.1 Å². The summed E-state index contributed by atoms with van der Waals surface area (Å²) in [5.74, 6) is -0.792. The molecule has 5 nitrogen and oxygen atoms in total. The molecule has 142 valence electrons. The first-order valence-corrected chi connectivity index (χ1v) is 8.14. The van der Waals surface area contributed by atoms with Crippen LogP contribution >= 0.6 is 0 Å². The minimum absolute atomic E-state index is 0.0571. The number of imide groups is 1. The number of nitrogens with zero attached hydrogens (tertiary/aromatic N) is 1. The lowest BCUT2D eigenvalue weighted by molar-refractivity contribution is -0.274. The van der Waals surface area contributed by atoms with E-state index in [1.165, 1.54) is 12.1 Å². The Hall–Kier alpha value is -3.03. The van der Waals surface area contributed by atoms with Crippen LogP contribution in [0.15, 0.2) is 48.5 Å². The standard InChI is InChI=1S/C19H17F3N2O3/c1-12-3-7-14(8-4-12)18(2)16(25)24(17(26)23-18)11-13-5-9-15(10-6-13)27-19(20,21)22/h3-10H,11H2,1-2H3,(H,23,26). The van der Waals surface area contributed by atoms with Gasteiger partial charge in [0.25, 0.3) is 5.91 Å². The molecule has 1 atom stereocenters. The fraction of sp³-hybridized carbons (Fsp3) is 0.263. The Labute approximate surface area is 153 Å². The van der Waals surface area contributed by atoms with Crippen LogP contribution in [0.4, 0.5) is 18.0 Å². The molecule has 1 fully saturated rings. The van der Waals surface area contributed by atoms with Gasteiger partial charge in [0, 0.05) is 0 Å². The molecule has 1 aliphatic heterocycles. The van der Waals surface area contributed by atoms with Crippen LogP contribution < -0.4 is 10.1 Å². The van der Waals surface area contributed by atoms with E-state index in [4.69, 9.17) is 0 Å². The van der Waals surface area contributed by atoms with Crippen molar-refractivity contribution in [3.63, 3.8) is 0 Å². The zero-order valence-electron chi connectivity index (χ0n) is 14.6. The van der Waals surface area contributed by atoms with E-state index in [0.29, 0.717) is 11.1 Å². The summed E-state index contributed by atoms with van der Waals surface area (Å²) in [6.45, 7) is 3.48. The lowest BCUT2D eigenvalue weighted by atomic mass is 9.91. The molecule has 0 radical (unpaired) electrons. The summed E-state index contributed by atoms with van der Waals surface area (Å²) in [4.78, 5) is 26.2. The molecule has 2 aromatic rings. The molecule has 1 heterocycles. The van der Waals surface area contributed by atoms with Crippen molar-refractivity contribution < 1.29 is 27.5 Å². The third kappa shape index (κ3) is 3.89. The Kier molecular flexibility index (Phi) is 4.59. The Morgan fingerprint density at radius 3 is 2.19 bits per heavy atom. The second-order valence-corrected chi connectivity index (χ2v) is 6.50. The van der Waals surface area contributed by atoms with E-state index in [9.17, 15) is 22.8 Å². The van der Waals surface area contributed by atoms with Crippen molar-refractivity contribution in [2.24, 2.45) is 0 Å². The number of benzene rings is 2. The predicted molar refractivity (Wildman–Crippen MR) is 90.7 cm³/mol. The van der Waals surface area contributed by atoms with Crippen molar-refractivity contribution in [1.29, 1.82) is 0 Å². The van der Waals surface area contributed by atoms with Crippen LogP contribution in [0.3, 0.4) is 0 Å². The molecule has 8 heteroatoms. The summed E-state index contributed by atoms with van der Waals surface area (Å²) in [7, 11) is 0. The highest BCUT2D eigenvalue weighted by atomic mass is 19.4. The van der Waals surface area contributed by atoms with E-state index in [1.54, 1.807) is 19.1 Å². The molecule has 1 saturated heterocycles. The molecule has 0 spiro atoms. The molecular weight excluding hydrogens is 361 g/mol. The van der Waals surface area contributed by atoms with Crippen molar-refractivity contribution in [2.75, 3.05) is 0 Å². The van der Waals surface area contributed by atoms with Crippen LogP contribution in [-0.4, -0.2) is 23.2 Å². The normalized spacial score (nSPS) is 20.0. The maximum absolute atomic E-state index is 12.9. The van der Waals surface area contributed by atoms with Gasteiger partial charge in [-0.2, -0.15) is 0 Å². The van der Waals surface area contributed by atoms with Crippen molar-refractivity contribution in [3.05, 3.63) is 65.2 Å². The quantitative estimate of drug-likeness (QED) is 0.822. The number of halogens is 3. The van der Waals surface area contributed by atoms with Crippen LogP contribution in [0, 0.1) is 6.92 Å². The molecule has 0 bridgehead atoms. The first-order chi connectivity index (χ1) is 12.6. The minimum atomic E-state index is -4.78. The SMILES string of the molecule is Cc1ccc(C2(C)NC(=O)N(Cc3ccc(OC(F)(F)F)cc3)C2=O)cc1. The average molecular weight is 378 g/mol. The van der Waals surface area contributed by atoms with Crippen LogP contribution in [0.1, 0.15) is 23.6 Å². The Morgan fingerprint density at radius 1 is 1.04 bits per heavy atom. The monoisotopic (exact) mass is 378 g/mol. The maximum Gasteiger partial charge on any atom is 0.573 e. The van der Waals surface area contributed by atoms with E-state index in [1.807, 2.05) is 19.1 Å². The number of aryl methyl sites for hydroxylation is 1. The number of carbonyl (C=O) groups excluding carboxylic acids is 2. The summed E-state index contributed by atoms with van der Waals surface area (Å²) >= 11 is 0. The second kappa shape index (κ2) is 6.61. The molecular formula is C19H17F3N2O3. The lowest BCUT2D eigenvalue weighted by Crippen LogP contribution is -2.40. The molecule has 0 saturated carbocycles. The Morgan fingerprint density at radius 2 is 1.63 bits per heavy atom. The van der Waals surface area contributed by atoms with Crippen LogP contribution in [0.2, 0.25) is 0 Å². The van der Waals surface area contributed by atoms with Crippen LogP contribution in [0.5, 0.6) is 5.75 Å². The van der Waals surface area contributed by atoms with Gasteiger partial charge in [0.05, 0.1) is 6.54 Å². The molecule has 27 heavy (non-hydrogen) atoms. The number of nitrogens with one attached hydrogen (secondary N) is 1. The van der Waals surface area contributed by atoms with Gasteiger partial charge in [-0.1, -0.05) is 42.0 Å². The highest BCUT2D eigenvalue weighted by Gasteiger charge is 2.48. The zero-order valence-corrected chi connectivity index (χ0v) is 14.6. The van der Waals surface area contributed by atoms with Crippen molar-refractivity contribution >= 4 is 11.9 Å². The van der Waals surface area contributed by atoms with Gasteiger partial charge in [-0.05, 0) is 37.1 Å². The fourth-order valence-electron chi connectivity index (χ4n) is 2.90. The average Bonchev–Trinajstić information content (AvgIpc) is 2.80. The van der Waals surface area contributed by atoms with Gasteiger partial charge < -0.3 is 10.1 Å². The Bertz CT molecular complexity index is 863. The first-order valence-electron chi connectivity index (χ1n) is 8.14. The van der Waals surface area contributed by atoms with Gasteiger partial charge in [0.1, 0.15) is 11.3 Å². The van der Waals surface area contributed by atoms with Crippen molar-refractivity contribution in [3.8, 4) is 5.75 Å². The number of carbonyl (C=O) groups is 2. The van der Waals surface area contributed by atoms with Gasteiger partial charge in [-0.15, -0.1) is 13.2 Å². The summed E-state index contributed by atoms with van der Waals surface area (Å²) in [5, 5.41) is 2.69. The highest BCUT2D eigenvalue weighted by molar-refractivity contribution is 6.07. The number of alkyl halides is 3. The molecule has 0 aliphatic carbocycles. The number of hydrogen-bond donors (Lipinski definition) is 1. The number of amides is 3. The number of urea groups is 1. The first kappa shape index (κ1) is 18.8. The summed E-state index contributed by atoms with van der Waals surface area (Å²) in [6, 6.07) is 11.7. The third-order valence-electron chi connectivity index (χ3n) is 4.40. The molecule has 3 amide bonds. The minimum Gasteiger partial charge on any atom is -0.406 e. The van der Waals surface area contributed by atoms with E-state index in [0.717, 1.165) is 22.6 Å². The molecule has 2 aromatic carbocycles. The van der Waals surface area contributed by atoms with E-state index >= 15 is 0 Å². The molecule has 3 rings (SSSR count). The maximum atomic E-state index is 12.9. The molecule has 1 unspecified atom stereocenters. The predicted octanol–water partition coefficient (Wildman–Crippen LogP) is 3.86. The summed E-state index contributed by atoms with van der Waals surface area (Å²) < 4.78 is 40.5. The number of ether oxygens (including phenoxy) is 1. The van der Waals surface area contributed by atoms with Gasteiger partial charge in [-0.3, -0.25) is 9.69 Å². The molecule has 1 aliphatic rings. The topological polar surface area (TPSA) is 58.6 Å². The largest absolute Gasteiger partial charge is 0.573 e. The second-order valence-electron chi connectivity index (χ2n) is 6.50. The highest BCUT2D eigenvalue weighted by Crippen LogP contribution is 2.30. The van der Waals surface area contributed by atoms with Gasteiger partial charge in [0.15, 0.2) is 0 Å². The zero-order chi connectivity index (χ0) is 19.8. The van der Waals surface area contributed by atoms with Crippen LogP contribution in [0.25, 0.3) is 0 Å². The smallest absolute Gasteiger partial charge is 0.406 e. The van der Waals surface area contributed by atoms with Gasteiger partial charge >= 0.3 is 12.4 Å². The van der Waals surface area contributed by atoms with Crippen molar-refractivity contribution in [1.82, 2.24) is 10.2 Å². The number of rotatable bonds is 4. The fourth-order valence-corrected chi connectivity index (χ4v) is 2.90.